The van der Waals surface area contributed by atoms with E-state index in [2.05, 4.69) is 207 Å². The fourth-order valence-corrected chi connectivity index (χ4v) is 8.59. The summed E-state index contributed by atoms with van der Waals surface area (Å²) in [6, 6.07) is 69.2. The molecule has 1 aliphatic rings. The predicted molar refractivity (Wildman–Crippen MR) is 222 cm³/mol. The van der Waals surface area contributed by atoms with Crippen molar-refractivity contribution in [2.75, 3.05) is 4.90 Å². The van der Waals surface area contributed by atoms with Crippen molar-refractivity contribution in [3.8, 4) is 33.4 Å². The summed E-state index contributed by atoms with van der Waals surface area (Å²) in [7, 11) is 0. The molecule has 246 valence electrons. The summed E-state index contributed by atoms with van der Waals surface area (Å²) >= 11 is 0. The van der Waals surface area contributed by atoms with E-state index in [0.717, 1.165) is 17.1 Å². The second-order valence-corrected chi connectivity index (χ2v) is 14.5. The molecule has 0 unspecified atom stereocenters. The highest BCUT2D eigenvalue weighted by Crippen LogP contribution is 2.51. The minimum Gasteiger partial charge on any atom is -0.310 e. The van der Waals surface area contributed by atoms with Crippen molar-refractivity contribution in [1.29, 1.82) is 0 Å². The highest BCUT2D eigenvalue weighted by atomic mass is 15.1. The lowest BCUT2D eigenvalue weighted by molar-refractivity contribution is 0.660. The van der Waals surface area contributed by atoms with E-state index in [1.165, 1.54) is 76.8 Å². The van der Waals surface area contributed by atoms with Crippen LogP contribution in [0.25, 0.3) is 65.7 Å². The number of anilines is 3. The highest BCUT2D eigenvalue weighted by Gasteiger charge is 2.35. The third kappa shape index (κ3) is 4.77. The Morgan fingerprint density at radius 1 is 0.346 bits per heavy atom. The van der Waals surface area contributed by atoms with Crippen molar-refractivity contribution in [3.63, 3.8) is 0 Å². The number of nitrogens with zero attached hydrogens (tertiary/aromatic N) is 1. The monoisotopic (exact) mass is 663 g/mol. The molecule has 0 bridgehead atoms. The Bertz CT molecular complexity index is 2810. The number of rotatable bonds is 5. The summed E-state index contributed by atoms with van der Waals surface area (Å²) in [4.78, 5) is 2.43. The summed E-state index contributed by atoms with van der Waals surface area (Å²) in [5.41, 5.74) is 13.6. The van der Waals surface area contributed by atoms with Crippen LogP contribution in [0.5, 0.6) is 0 Å². The smallest absolute Gasteiger partial charge is 0.0540 e. The maximum absolute atomic E-state index is 2.43. The third-order valence-corrected chi connectivity index (χ3v) is 11.3. The van der Waals surface area contributed by atoms with E-state index in [4.69, 9.17) is 0 Å². The van der Waals surface area contributed by atoms with Gasteiger partial charge < -0.3 is 4.90 Å². The van der Waals surface area contributed by atoms with Crippen LogP contribution >= 0.6 is 0 Å². The molecule has 52 heavy (non-hydrogen) atoms. The van der Waals surface area contributed by atoms with Gasteiger partial charge in [-0.1, -0.05) is 166 Å². The summed E-state index contributed by atoms with van der Waals surface area (Å²) in [5, 5.41) is 7.70. The Morgan fingerprint density at radius 3 is 1.77 bits per heavy atom. The van der Waals surface area contributed by atoms with Gasteiger partial charge in [0.05, 0.1) is 5.69 Å². The van der Waals surface area contributed by atoms with Crippen molar-refractivity contribution in [2.45, 2.75) is 19.3 Å². The highest BCUT2D eigenvalue weighted by molar-refractivity contribution is 6.17. The molecule has 0 spiro atoms. The summed E-state index contributed by atoms with van der Waals surface area (Å²) in [6.07, 6.45) is 0. The van der Waals surface area contributed by atoms with Gasteiger partial charge in [-0.15, -0.1) is 0 Å². The van der Waals surface area contributed by atoms with Gasteiger partial charge in [-0.25, -0.2) is 0 Å². The Kier molecular flexibility index (Phi) is 6.91. The van der Waals surface area contributed by atoms with Crippen LogP contribution in [0.15, 0.2) is 188 Å². The Balaban J connectivity index is 1.11. The SMILES string of the molecule is CC1(C)c2ccccc2-c2ccc(N(c3ccc(-c4ccc5ccc6c7ccccc7ccc6c5c4)cc3)c3ccccc3-c3ccccc3)cc21. The summed E-state index contributed by atoms with van der Waals surface area (Å²) < 4.78 is 0. The number of para-hydroxylation sites is 1. The first-order valence-electron chi connectivity index (χ1n) is 18.2. The van der Waals surface area contributed by atoms with E-state index in [1.807, 2.05) is 0 Å². The fourth-order valence-electron chi connectivity index (χ4n) is 8.59. The van der Waals surface area contributed by atoms with Crippen LogP contribution in [0.3, 0.4) is 0 Å². The maximum Gasteiger partial charge on any atom is 0.0540 e. The quantitative estimate of drug-likeness (QED) is 0.166. The molecule has 1 heteroatoms. The first-order chi connectivity index (χ1) is 25.5. The molecule has 0 saturated heterocycles. The van der Waals surface area contributed by atoms with E-state index in [1.54, 1.807) is 0 Å². The van der Waals surface area contributed by atoms with Gasteiger partial charge >= 0.3 is 0 Å². The van der Waals surface area contributed by atoms with Gasteiger partial charge in [0.1, 0.15) is 0 Å². The van der Waals surface area contributed by atoms with Crippen LogP contribution in [-0.2, 0) is 5.41 Å². The predicted octanol–water partition coefficient (Wildman–Crippen LogP) is 14.3. The zero-order valence-corrected chi connectivity index (χ0v) is 29.3. The van der Waals surface area contributed by atoms with Crippen molar-refractivity contribution in [3.05, 3.63) is 199 Å². The molecule has 1 nitrogen and oxygen atoms in total. The molecular weight excluding hydrogens is 627 g/mol. The minimum atomic E-state index is -0.0943. The standard InChI is InChI=1S/C51H37N/c1-51(2)48-18-10-8-17-45(48)46-31-28-40(33-49(46)51)52(50-19-11-9-16-42(50)35-12-4-3-5-13-35)39-26-22-34(23-27-39)38-21-20-37-25-29-43-41-15-7-6-14-36(41)24-30-44(43)47(37)32-38/h3-33H,1-2H3. The van der Waals surface area contributed by atoms with Crippen LogP contribution in [0.4, 0.5) is 17.1 Å². The van der Waals surface area contributed by atoms with Crippen molar-refractivity contribution >= 4 is 49.4 Å². The molecule has 0 amide bonds. The van der Waals surface area contributed by atoms with E-state index in [9.17, 15) is 0 Å². The van der Waals surface area contributed by atoms with Gasteiger partial charge in [-0.05, 0) is 108 Å². The van der Waals surface area contributed by atoms with Gasteiger partial charge in [0.2, 0.25) is 0 Å². The lowest BCUT2D eigenvalue weighted by Gasteiger charge is -2.30. The Morgan fingerprint density at radius 2 is 0.942 bits per heavy atom. The molecule has 1 aliphatic carbocycles. The second kappa shape index (κ2) is 11.8. The summed E-state index contributed by atoms with van der Waals surface area (Å²) in [6.45, 7) is 4.71. The number of hydrogen-bond acceptors (Lipinski definition) is 1. The molecule has 0 heterocycles. The molecular formula is C51H37N. The first-order valence-corrected chi connectivity index (χ1v) is 18.2. The van der Waals surface area contributed by atoms with E-state index in [0.29, 0.717) is 0 Å². The molecule has 0 aromatic heterocycles. The molecule has 10 rings (SSSR count). The molecule has 0 saturated carbocycles. The van der Waals surface area contributed by atoms with E-state index in [-0.39, 0.29) is 5.41 Å². The van der Waals surface area contributed by atoms with Crippen LogP contribution in [0.1, 0.15) is 25.0 Å². The topological polar surface area (TPSA) is 3.24 Å². The Labute approximate surface area is 305 Å². The van der Waals surface area contributed by atoms with E-state index >= 15 is 0 Å². The van der Waals surface area contributed by atoms with Crippen molar-refractivity contribution in [1.82, 2.24) is 0 Å². The number of benzene rings is 9. The van der Waals surface area contributed by atoms with Crippen LogP contribution in [0, 0.1) is 0 Å². The van der Waals surface area contributed by atoms with Crippen molar-refractivity contribution in [2.24, 2.45) is 0 Å². The minimum absolute atomic E-state index is 0.0943. The van der Waals surface area contributed by atoms with Crippen LogP contribution in [-0.4, -0.2) is 0 Å². The lowest BCUT2D eigenvalue weighted by Crippen LogP contribution is -2.16. The van der Waals surface area contributed by atoms with Crippen LogP contribution < -0.4 is 4.90 Å². The maximum atomic E-state index is 2.43. The zero-order chi connectivity index (χ0) is 34.8. The number of hydrogen-bond donors (Lipinski definition) is 0. The van der Waals surface area contributed by atoms with Gasteiger partial charge in [-0.3, -0.25) is 0 Å². The first kappa shape index (κ1) is 30.4. The molecule has 9 aromatic carbocycles. The average Bonchev–Trinajstić information content (AvgIpc) is 3.43. The van der Waals surface area contributed by atoms with E-state index < -0.39 is 0 Å². The molecule has 9 aromatic rings. The third-order valence-electron chi connectivity index (χ3n) is 11.3. The normalized spacial score (nSPS) is 13.0. The van der Waals surface area contributed by atoms with Crippen molar-refractivity contribution < 1.29 is 0 Å². The Hall–Kier alpha value is -6.44. The molecule has 0 N–H and O–H groups in total. The van der Waals surface area contributed by atoms with Gasteiger partial charge in [-0.2, -0.15) is 0 Å². The zero-order valence-electron chi connectivity index (χ0n) is 29.3. The molecule has 0 fully saturated rings. The summed E-state index contributed by atoms with van der Waals surface area (Å²) in [5.74, 6) is 0. The largest absolute Gasteiger partial charge is 0.310 e. The molecule has 0 radical (unpaired) electrons. The molecule has 0 atom stereocenters. The number of fused-ring (bicyclic) bond motifs is 8. The van der Waals surface area contributed by atoms with Gasteiger partial charge in [0.15, 0.2) is 0 Å². The average molecular weight is 664 g/mol. The van der Waals surface area contributed by atoms with Crippen LogP contribution in [0.2, 0.25) is 0 Å². The molecule has 0 aliphatic heterocycles. The van der Waals surface area contributed by atoms with Gasteiger partial charge in [0, 0.05) is 22.4 Å². The second-order valence-electron chi connectivity index (χ2n) is 14.5. The van der Waals surface area contributed by atoms with Gasteiger partial charge in [0.25, 0.3) is 0 Å². The fraction of sp³-hybridized carbons (Fsp3) is 0.0588. The lowest BCUT2D eigenvalue weighted by atomic mass is 9.82.